The van der Waals surface area contributed by atoms with E-state index in [1.54, 1.807) is 17.4 Å². The lowest BCUT2D eigenvalue weighted by molar-refractivity contribution is -0.130. The molecule has 1 saturated heterocycles. The molecular weight excluding hydrogens is 374 g/mol. The Labute approximate surface area is 169 Å². The minimum absolute atomic E-state index is 0.113. The number of likely N-dealkylation sites (tertiary alicyclic amines) is 1. The molecule has 0 bridgehead atoms. The van der Waals surface area contributed by atoms with E-state index in [1.807, 2.05) is 41.5 Å². The molecule has 1 aliphatic heterocycles. The van der Waals surface area contributed by atoms with Crippen LogP contribution in [0.2, 0.25) is 0 Å². The van der Waals surface area contributed by atoms with E-state index < -0.39 is 0 Å². The van der Waals surface area contributed by atoms with Gasteiger partial charge in [-0.1, -0.05) is 12.1 Å². The van der Waals surface area contributed by atoms with Gasteiger partial charge in [0.05, 0.1) is 10.7 Å². The molecule has 0 aliphatic carbocycles. The molecule has 7 heteroatoms. The van der Waals surface area contributed by atoms with Crippen molar-refractivity contribution < 1.29 is 14.3 Å². The first-order chi connectivity index (χ1) is 13.6. The summed E-state index contributed by atoms with van der Waals surface area (Å²) >= 11 is 1.60. The number of thiazole rings is 1. The van der Waals surface area contributed by atoms with Crippen LogP contribution in [0.15, 0.2) is 35.7 Å². The van der Waals surface area contributed by atoms with Crippen molar-refractivity contribution in [1.82, 2.24) is 15.2 Å². The van der Waals surface area contributed by atoms with Gasteiger partial charge < -0.3 is 15.0 Å². The topological polar surface area (TPSA) is 71.5 Å². The highest BCUT2D eigenvalue weighted by Gasteiger charge is 2.17. The van der Waals surface area contributed by atoms with Crippen LogP contribution in [0.25, 0.3) is 6.08 Å². The number of aromatic nitrogens is 1. The maximum absolute atomic E-state index is 12.0. The van der Waals surface area contributed by atoms with Crippen molar-refractivity contribution in [1.29, 1.82) is 0 Å². The molecule has 148 valence electrons. The van der Waals surface area contributed by atoms with Gasteiger partial charge in [0.2, 0.25) is 11.8 Å². The van der Waals surface area contributed by atoms with E-state index in [4.69, 9.17) is 4.74 Å². The molecule has 0 saturated carbocycles. The summed E-state index contributed by atoms with van der Waals surface area (Å²) in [5.74, 6) is 0.629. The van der Waals surface area contributed by atoms with E-state index in [0.717, 1.165) is 47.9 Å². The third-order valence-corrected chi connectivity index (χ3v) is 5.26. The van der Waals surface area contributed by atoms with Gasteiger partial charge in [-0.05, 0) is 43.5 Å². The summed E-state index contributed by atoms with van der Waals surface area (Å²) in [5.41, 5.74) is 1.78. The molecule has 2 heterocycles. The first-order valence-electron chi connectivity index (χ1n) is 9.48. The second-order valence-electron chi connectivity index (χ2n) is 6.68. The normalized spacial score (nSPS) is 13.8. The van der Waals surface area contributed by atoms with Crippen LogP contribution in [-0.4, -0.2) is 41.3 Å². The number of hydrogen-bond donors (Lipinski definition) is 1. The summed E-state index contributed by atoms with van der Waals surface area (Å²) in [6.07, 6.45) is 5.71. The molecule has 1 aromatic carbocycles. The maximum Gasteiger partial charge on any atom is 0.244 e. The molecule has 28 heavy (non-hydrogen) atoms. The van der Waals surface area contributed by atoms with Gasteiger partial charge in [-0.2, -0.15) is 0 Å². The predicted octanol–water partition coefficient (Wildman–Crippen LogP) is 3.17. The Kier molecular flexibility index (Phi) is 7.19. The summed E-state index contributed by atoms with van der Waals surface area (Å²) < 4.78 is 5.76. The fourth-order valence-corrected chi connectivity index (χ4v) is 3.59. The Balaban J connectivity index is 1.42. The number of nitrogens with one attached hydrogen (secondary N) is 1. The summed E-state index contributed by atoms with van der Waals surface area (Å²) in [6, 6.07) is 7.54. The Bertz CT molecular complexity index is 841. The van der Waals surface area contributed by atoms with Crippen molar-refractivity contribution in [2.24, 2.45) is 0 Å². The summed E-state index contributed by atoms with van der Waals surface area (Å²) in [7, 11) is 0. The first kappa shape index (κ1) is 20.1. The van der Waals surface area contributed by atoms with Crippen molar-refractivity contribution in [2.75, 3.05) is 19.6 Å². The van der Waals surface area contributed by atoms with Gasteiger partial charge in [-0.15, -0.1) is 11.3 Å². The molecule has 0 spiro atoms. The number of carbonyl (C=O) groups is 2. The molecule has 0 atom stereocenters. The quantitative estimate of drug-likeness (QED) is 0.692. The Morgan fingerprint density at radius 3 is 2.89 bits per heavy atom. The molecule has 1 fully saturated rings. The van der Waals surface area contributed by atoms with Crippen molar-refractivity contribution >= 4 is 29.2 Å². The average Bonchev–Trinajstić information content (AvgIpc) is 3.37. The zero-order valence-electron chi connectivity index (χ0n) is 16.0. The lowest BCUT2D eigenvalue weighted by Crippen LogP contribution is -2.32. The van der Waals surface area contributed by atoms with Gasteiger partial charge in [0.25, 0.3) is 0 Å². The molecule has 0 unspecified atom stereocenters. The lowest BCUT2D eigenvalue weighted by atomic mass is 10.2. The van der Waals surface area contributed by atoms with E-state index >= 15 is 0 Å². The van der Waals surface area contributed by atoms with Crippen LogP contribution >= 0.6 is 11.3 Å². The molecule has 2 aromatic rings. The van der Waals surface area contributed by atoms with E-state index in [0.29, 0.717) is 19.6 Å². The van der Waals surface area contributed by atoms with Gasteiger partial charge in [-0.3, -0.25) is 9.59 Å². The molecule has 1 N–H and O–H groups in total. The SMILES string of the molecule is Cc1nc(COc2cccc(/C=C/C(=O)NCCC(=O)N3CCCC3)c2)cs1. The number of rotatable bonds is 8. The summed E-state index contributed by atoms with van der Waals surface area (Å²) in [4.78, 5) is 30.1. The fourth-order valence-electron chi connectivity index (χ4n) is 2.99. The maximum atomic E-state index is 12.0. The van der Waals surface area contributed by atoms with Crippen molar-refractivity contribution in [2.45, 2.75) is 32.8 Å². The minimum Gasteiger partial charge on any atom is -0.487 e. The van der Waals surface area contributed by atoms with Crippen LogP contribution in [-0.2, 0) is 16.2 Å². The smallest absolute Gasteiger partial charge is 0.244 e. The van der Waals surface area contributed by atoms with Gasteiger partial charge in [0.1, 0.15) is 12.4 Å². The highest BCUT2D eigenvalue weighted by molar-refractivity contribution is 7.09. The van der Waals surface area contributed by atoms with Crippen LogP contribution in [0.3, 0.4) is 0 Å². The zero-order valence-corrected chi connectivity index (χ0v) is 16.8. The number of aryl methyl sites for hydroxylation is 1. The van der Waals surface area contributed by atoms with Gasteiger partial charge in [0.15, 0.2) is 0 Å². The predicted molar refractivity (Wildman–Crippen MR) is 110 cm³/mol. The molecule has 3 rings (SSSR count). The fraction of sp³-hybridized carbons (Fsp3) is 0.381. The largest absolute Gasteiger partial charge is 0.487 e. The Hall–Kier alpha value is -2.67. The highest BCUT2D eigenvalue weighted by atomic mass is 32.1. The van der Waals surface area contributed by atoms with Gasteiger partial charge in [0, 0.05) is 37.5 Å². The molecule has 2 amide bonds. The average molecular weight is 400 g/mol. The number of carbonyl (C=O) groups excluding carboxylic acids is 2. The molecule has 6 nitrogen and oxygen atoms in total. The van der Waals surface area contributed by atoms with Crippen LogP contribution in [0.4, 0.5) is 0 Å². The van der Waals surface area contributed by atoms with Crippen molar-refractivity contribution in [3.8, 4) is 5.75 Å². The van der Waals surface area contributed by atoms with Gasteiger partial charge in [-0.25, -0.2) is 4.98 Å². The number of amides is 2. The third kappa shape index (κ3) is 6.20. The Morgan fingerprint density at radius 1 is 1.32 bits per heavy atom. The molecular formula is C21H25N3O3S. The number of ether oxygens (including phenoxy) is 1. The first-order valence-corrected chi connectivity index (χ1v) is 10.4. The highest BCUT2D eigenvalue weighted by Crippen LogP contribution is 2.17. The van der Waals surface area contributed by atoms with Crippen molar-refractivity contribution in [3.05, 3.63) is 52.0 Å². The van der Waals surface area contributed by atoms with Crippen molar-refractivity contribution in [3.63, 3.8) is 0 Å². The summed E-state index contributed by atoms with van der Waals surface area (Å²) in [5, 5.41) is 5.76. The molecule has 1 aliphatic rings. The lowest BCUT2D eigenvalue weighted by Gasteiger charge is -2.14. The van der Waals surface area contributed by atoms with E-state index in [-0.39, 0.29) is 11.8 Å². The van der Waals surface area contributed by atoms with Crippen LogP contribution in [0.5, 0.6) is 5.75 Å². The molecule has 1 aromatic heterocycles. The van der Waals surface area contributed by atoms with Gasteiger partial charge >= 0.3 is 0 Å². The van der Waals surface area contributed by atoms with E-state index in [9.17, 15) is 9.59 Å². The number of nitrogens with zero attached hydrogens (tertiary/aromatic N) is 2. The van der Waals surface area contributed by atoms with Crippen LogP contribution in [0.1, 0.15) is 35.5 Å². The minimum atomic E-state index is -0.210. The third-order valence-electron chi connectivity index (χ3n) is 4.44. The Morgan fingerprint density at radius 2 is 2.14 bits per heavy atom. The molecule has 0 radical (unpaired) electrons. The monoisotopic (exact) mass is 399 g/mol. The zero-order chi connectivity index (χ0) is 19.8. The second-order valence-corrected chi connectivity index (χ2v) is 7.74. The number of benzene rings is 1. The van der Waals surface area contributed by atoms with E-state index in [2.05, 4.69) is 10.3 Å². The van der Waals surface area contributed by atoms with Crippen LogP contribution in [0, 0.1) is 6.92 Å². The van der Waals surface area contributed by atoms with E-state index in [1.165, 1.54) is 6.08 Å². The van der Waals surface area contributed by atoms with Crippen LogP contribution < -0.4 is 10.1 Å². The standard InChI is InChI=1S/C21H25N3O3S/c1-16-23-18(15-28-16)14-27-19-6-4-5-17(13-19)7-8-20(25)22-10-9-21(26)24-11-2-3-12-24/h4-8,13,15H,2-3,9-12,14H2,1H3,(H,22,25)/b8-7+. The summed E-state index contributed by atoms with van der Waals surface area (Å²) in [6.45, 7) is 4.42. The second kappa shape index (κ2) is 10.0. The number of hydrogen-bond acceptors (Lipinski definition) is 5.